The topological polar surface area (TPSA) is 73.5 Å². The van der Waals surface area contributed by atoms with Crippen molar-refractivity contribution in [2.45, 2.75) is 13.1 Å². The van der Waals surface area contributed by atoms with Gasteiger partial charge in [0.05, 0.1) is 0 Å². The van der Waals surface area contributed by atoms with Crippen LogP contribution in [-0.2, 0) is 0 Å². The van der Waals surface area contributed by atoms with E-state index in [1.807, 2.05) is 18.2 Å². The van der Waals surface area contributed by atoms with E-state index in [0.717, 1.165) is 0 Å². The van der Waals surface area contributed by atoms with E-state index in [2.05, 4.69) is 16.0 Å². The third-order valence-electron chi connectivity index (χ3n) is 2.73. The van der Waals surface area contributed by atoms with E-state index in [1.54, 1.807) is 24.0 Å². The lowest BCUT2D eigenvalue weighted by Crippen LogP contribution is -2.48. The van der Waals surface area contributed by atoms with Gasteiger partial charge in [0.25, 0.3) is 0 Å². The molecule has 1 aromatic carbocycles. The Morgan fingerprint density at radius 3 is 2.72 bits per heavy atom. The number of nitrogens with one attached hydrogen (secondary N) is 3. The summed E-state index contributed by atoms with van der Waals surface area (Å²) in [6.45, 7) is 2.99. The Hall–Kier alpha value is -2.24. The summed E-state index contributed by atoms with van der Waals surface area (Å²) >= 11 is 0. The van der Waals surface area contributed by atoms with E-state index in [0.29, 0.717) is 18.8 Å². The summed E-state index contributed by atoms with van der Waals surface area (Å²) in [5.74, 6) is 0. The molecule has 1 aliphatic heterocycles. The second-order valence-electron chi connectivity index (χ2n) is 4.07. The quantitative estimate of drug-likeness (QED) is 0.751. The first-order valence-electron chi connectivity index (χ1n) is 5.84. The Bertz CT molecular complexity index is 435. The highest BCUT2D eigenvalue weighted by atomic mass is 16.2. The predicted octanol–water partition coefficient (Wildman–Crippen LogP) is 1.18. The fourth-order valence-corrected chi connectivity index (χ4v) is 1.81. The molecule has 1 atom stereocenters. The van der Waals surface area contributed by atoms with Crippen LogP contribution in [0.4, 0.5) is 15.3 Å². The number of carbonyl (C=O) groups excluding carboxylic acids is 2. The molecule has 4 amide bonds. The third-order valence-corrected chi connectivity index (χ3v) is 2.73. The van der Waals surface area contributed by atoms with E-state index in [4.69, 9.17) is 0 Å². The number of amides is 4. The summed E-state index contributed by atoms with van der Waals surface area (Å²) in [4.78, 5) is 24.7. The van der Waals surface area contributed by atoms with Gasteiger partial charge >= 0.3 is 12.1 Å². The zero-order valence-electron chi connectivity index (χ0n) is 10.1. The minimum Gasteiger partial charge on any atom is -0.336 e. The maximum atomic E-state index is 11.7. The second-order valence-corrected chi connectivity index (χ2v) is 4.07. The zero-order valence-corrected chi connectivity index (χ0v) is 10.1. The van der Waals surface area contributed by atoms with Crippen LogP contribution in [-0.4, -0.2) is 36.2 Å². The lowest BCUT2D eigenvalue weighted by atomic mass is 10.3. The van der Waals surface area contributed by atoms with Crippen LogP contribution in [0.1, 0.15) is 6.92 Å². The van der Waals surface area contributed by atoms with Crippen LogP contribution < -0.4 is 16.0 Å². The van der Waals surface area contributed by atoms with Gasteiger partial charge in [0.2, 0.25) is 0 Å². The molecule has 6 heteroatoms. The molecule has 0 saturated carbocycles. The standard InChI is InChI=1S/C12H16N4O2/c1-9(16-8-7-13-12(16)18)14-11(17)15-10-5-3-2-4-6-10/h2-6,9H,7-8H2,1H3,(H,13,18)(H2,14,15,17). The largest absolute Gasteiger partial charge is 0.336 e. The molecule has 1 saturated heterocycles. The zero-order chi connectivity index (χ0) is 13.0. The van der Waals surface area contributed by atoms with Gasteiger partial charge in [0, 0.05) is 18.8 Å². The highest BCUT2D eigenvalue weighted by molar-refractivity contribution is 5.89. The van der Waals surface area contributed by atoms with Gasteiger partial charge in [-0.3, -0.25) is 0 Å². The van der Waals surface area contributed by atoms with Crippen molar-refractivity contribution in [1.29, 1.82) is 0 Å². The summed E-state index contributed by atoms with van der Waals surface area (Å²) in [6.07, 6.45) is -0.337. The molecule has 6 nitrogen and oxygen atoms in total. The van der Waals surface area contributed by atoms with Gasteiger partial charge in [-0.2, -0.15) is 0 Å². The van der Waals surface area contributed by atoms with Crippen LogP contribution in [0, 0.1) is 0 Å². The summed E-state index contributed by atoms with van der Waals surface area (Å²) in [5.41, 5.74) is 0.716. The molecule has 3 N–H and O–H groups in total. The van der Waals surface area contributed by atoms with E-state index in [-0.39, 0.29) is 18.2 Å². The molecule has 1 fully saturated rings. The maximum Gasteiger partial charge on any atom is 0.320 e. The van der Waals surface area contributed by atoms with Crippen LogP contribution in [0.3, 0.4) is 0 Å². The number of anilines is 1. The van der Waals surface area contributed by atoms with Crippen LogP contribution in [0.15, 0.2) is 30.3 Å². The minimum atomic E-state index is -0.337. The smallest absolute Gasteiger partial charge is 0.320 e. The van der Waals surface area contributed by atoms with Gasteiger partial charge in [-0.1, -0.05) is 18.2 Å². The molecular weight excluding hydrogens is 232 g/mol. The summed E-state index contributed by atoms with van der Waals surface area (Å²) in [5, 5.41) is 8.11. The molecule has 1 heterocycles. The molecule has 18 heavy (non-hydrogen) atoms. The fraction of sp³-hybridized carbons (Fsp3) is 0.333. The van der Waals surface area contributed by atoms with Gasteiger partial charge in [-0.25, -0.2) is 9.59 Å². The van der Waals surface area contributed by atoms with Gasteiger partial charge in [0.15, 0.2) is 0 Å². The Balaban J connectivity index is 1.86. The maximum absolute atomic E-state index is 11.7. The molecule has 0 radical (unpaired) electrons. The molecule has 0 bridgehead atoms. The summed E-state index contributed by atoms with van der Waals surface area (Å²) < 4.78 is 0. The van der Waals surface area contributed by atoms with Gasteiger partial charge in [0.1, 0.15) is 6.17 Å². The Morgan fingerprint density at radius 2 is 2.11 bits per heavy atom. The lowest BCUT2D eigenvalue weighted by molar-refractivity contribution is 0.190. The molecule has 0 aromatic heterocycles. The van der Waals surface area contributed by atoms with E-state index in [9.17, 15) is 9.59 Å². The Labute approximate surface area is 105 Å². The Kier molecular flexibility index (Phi) is 3.66. The molecule has 0 spiro atoms. The lowest BCUT2D eigenvalue weighted by Gasteiger charge is -2.23. The third kappa shape index (κ3) is 2.91. The summed E-state index contributed by atoms with van der Waals surface area (Å²) in [6, 6.07) is 8.68. The first kappa shape index (κ1) is 12.2. The van der Waals surface area contributed by atoms with Crippen molar-refractivity contribution < 1.29 is 9.59 Å². The van der Waals surface area contributed by atoms with Gasteiger partial charge in [-0.15, -0.1) is 0 Å². The van der Waals surface area contributed by atoms with Crippen LogP contribution >= 0.6 is 0 Å². The number of carbonyl (C=O) groups is 2. The van der Waals surface area contributed by atoms with Crippen molar-refractivity contribution in [2.75, 3.05) is 18.4 Å². The van der Waals surface area contributed by atoms with Crippen molar-refractivity contribution >= 4 is 17.7 Å². The number of nitrogens with zero attached hydrogens (tertiary/aromatic N) is 1. The molecule has 2 rings (SSSR count). The van der Waals surface area contributed by atoms with Gasteiger partial charge in [-0.05, 0) is 19.1 Å². The summed E-state index contributed by atoms with van der Waals surface area (Å²) in [7, 11) is 0. The van der Waals surface area contributed by atoms with Crippen LogP contribution in [0.25, 0.3) is 0 Å². The van der Waals surface area contributed by atoms with E-state index in [1.165, 1.54) is 0 Å². The average Bonchev–Trinajstić information content (AvgIpc) is 2.76. The molecular formula is C12H16N4O2. The van der Waals surface area contributed by atoms with Crippen molar-refractivity contribution in [3.8, 4) is 0 Å². The SMILES string of the molecule is CC(NC(=O)Nc1ccccc1)N1CCNC1=O. The fourth-order valence-electron chi connectivity index (χ4n) is 1.81. The molecule has 1 aliphatic rings. The minimum absolute atomic E-state index is 0.150. The van der Waals surface area contributed by atoms with Crippen molar-refractivity contribution in [2.24, 2.45) is 0 Å². The first-order valence-corrected chi connectivity index (χ1v) is 5.84. The Morgan fingerprint density at radius 1 is 1.39 bits per heavy atom. The number of urea groups is 2. The normalized spacial score (nSPS) is 16.1. The van der Waals surface area contributed by atoms with Crippen LogP contribution in [0.2, 0.25) is 0 Å². The number of benzene rings is 1. The monoisotopic (exact) mass is 248 g/mol. The highest BCUT2D eigenvalue weighted by Crippen LogP contribution is 2.05. The molecule has 1 aromatic rings. The molecule has 0 aliphatic carbocycles. The van der Waals surface area contributed by atoms with E-state index >= 15 is 0 Å². The molecule has 96 valence electrons. The highest BCUT2D eigenvalue weighted by Gasteiger charge is 2.25. The average molecular weight is 248 g/mol. The molecule has 1 unspecified atom stereocenters. The van der Waals surface area contributed by atoms with Gasteiger partial charge < -0.3 is 20.9 Å². The van der Waals surface area contributed by atoms with Crippen LogP contribution in [0.5, 0.6) is 0 Å². The predicted molar refractivity (Wildman–Crippen MR) is 68.2 cm³/mol. The van der Waals surface area contributed by atoms with Crippen molar-refractivity contribution in [1.82, 2.24) is 15.5 Å². The van der Waals surface area contributed by atoms with Crippen molar-refractivity contribution in [3.05, 3.63) is 30.3 Å². The number of hydrogen-bond acceptors (Lipinski definition) is 2. The van der Waals surface area contributed by atoms with E-state index < -0.39 is 0 Å². The number of para-hydroxylation sites is 1. The number of hydrogen-bond donors (Lipinski definition) is 3. The number of rotatable bonds is 3. The van der Waals surface area contributed by atoms with Crippen molar-refractivity contribution in [3.63, 3.8) is 0 Å². The first-order chi connectivity index (χ1) is 8.66. The second kappa shape index (κ2) is 5.39.